The Bertz CT molecular complexity index is 1020. The molecule has 3 rings (SSSR count). The third-order valence-corrected chi connectivity index (χ3v) is 7.50. The van der Waals surface area contributed by atoms with Crippen LogP contribution in [0.3, 0.4) is 0 Å². The molecule has 156 valence electrons. The SMILES string of the molecule is COC(=O)c1cc(N(COCC[Si](C)(C)C)c2nc(C)cn3c(I)cnc23)sn1. The van der Waals surface area contributed by atoms with Crippen molar-refractivity contribution in [3.05, 3.63) is 33.5 Å². The van der Waals surface area contributed by atoms with Crippen LogP contribution in [0.4, 0.5) is 10.8 Å². The topological polar surface area (TPSA) is 81.8 Å². The fourth-order valence-corrected chi connectivity index (χ4v) is 4.58. The molecule has 3 aromatic rings. The summed E-state index contributed by atoms with van der Waals surface area (Å²) in [5.74, 6) is 0.200. The van der Waals surface area contributed by atoms with Crippen LogP contribution in [0.15, 0.2) is 18.5 Å². The van der Waals surface area contributed by atoms with Gasteiger partial charge in [-0.2, -0.15) is 4.37 Å². The predicted octanol–water partition coefficient (Wildman–Crippen LogP) is 4.34. The number of hydrogen-bond acceptors (Lipinski definition) is 8. The minimum atomic E-state index is -1.20. The first kappa shape index (κ1) is 22.1. The molecular formula is C18H24IN5O3SSi. The van der Waals surface area contributed by atoms with Crippen molar-refractivity contribution in [1.82, 2.24) is 18.7 Å². The summed E-state index contributed by atoms with van der Waals surface area (Å²) in [5, 5.41) is 0.747. The quantitative estimate of drug-likeness (QED) is 0.137. The molecule has 29 heavy (non-hydrogen) atoms. The first-order valence-electron chi connectivity index (χ1n) is 9.10. The first-order chi connectivity index (χ1) is 13.7. The fraction of sp³-hybridized carbons (Fsp3) is 0.444. The molecule has 3 aromatic heterocycles. The van der Waals surface area contributed by atoms with Crippen LogP contribution >= 0.6 is 34.1 Å². The number of aromatic nitrogens is 4. The summed E-state index contributed by atoms with van der Waals surface area (Å²) < 4.78 is 18.0. The largest absolute Gasteiger partial charge is 0.464 e. The third-order valence-electron chi connectivity index (χ3n) is 4.18. The Labute approximate surface area is 188 Å². The molecule has 0 N–H and O–H groups in total. The number of hydrogen-bond donors (Lipinski definition) is 0. The van der Waals surface area contributed by atoms with Crippen molar-refractivity contribution in [2.24, 2.45) is 0 Å². The minimum Gasteiger partial charge on any atom is -0.464 e. The molecule has 0 fully saturated rings. The van der Waals surface area contributed by atoms with E-state index in [0.29, 0.717) is 19.2 Å². The molecule has 0 radical (unpaired) electrons. The van der Waals surface area contributed by atoms with Crippen molar-refractivity contribution < 1.29 is 14.3 Å². The number of nitrogens with zero attached hydrogens (tertiary/aromatic N) is 5. The van der Waals surface area contributed by atoms with Crippen molar-refractivity contribution in [2.75, 3.05) is 25.3 Å². The van der Waals surface area contributed by atoms with Gasteiger partial charge in [-0.1, -0.05) is 19.6 Å². The van der Waals surface area contributed by atoms with Crippen LogP contribution in [-0.4, -0.2) is 53.2 Å². The van der Waals surface area contributed by atoms with Crippen molar-refractivity contribution in [3.63, 3.8) is 0 Å². The number of ether oxygens (including phenoxy) is 2. The maximum absolute atomic E-state index is 11.9. The standard InChI is InChI=1S/C18H24IN5O3SSi/c1-12-10-23-14(19)9-20-16(23)17(21-12)24(11-27-6-7-29(3,4)5)15-8-13(22-28-15)18(25)26-2/h8-10H,6-7,11H2,1-5H3. The normalized spacial score (nSPS) is 11.8. The van der Waals surface area contributed by atoms with Gasteiger partial charge in [0, 0.05) is 26.9 Å². The maximum Gasteiger partial charge on any atom is 0.357 e. The van der Waals surface area contributed by atoms with Gasteiger partial charge in [-0.15, -0.1) is 0 Å². The highest BCUT2D eigenvalue weighted by atomic mass is 127. The van der Waals surface area contributed by atoms with Gasteiger partial charge in [0.15, 0.2) is 17.2 Å². The number of aryl methyl sites for hydroxylation is 1. The summed E-state index contributed by atoms with van der Waals surface area (Å²) in [6.45, 7) is 9.86. The lowest BCUT2D eigenvalue weighted by Gasteiger charge is -2.23. The Hall–Kier alpha value is -1.57. The van der Waals surface area contributed by atoms with Crippen LogP contribution in [0.5, 0.6) is 0 Å². The van der Waals surface area contributed by atoms with Crippen molar-refractivity contribution in [2.45, 2.75) is 32.6 Å². The van der Waals surface area contributed by atoms with Gasteiger partial charge < -0.3 is 9.47 Å². The number of anilines is 2. The lowest BCUT2D eigenvalue weighted by molar-refractivity contribution is 0.0595. The van der Waals surface area contributed by atoms with Crippen LogP contribution in [0.1, 0.15) is 16.2 Å². The van der Waals surface area contributed by atoms with E-state index >= 15 is 0 Å². The zero-order valence-corrected chi connectivity index (χ0v) is 21.1. The van der Waals surface area contributed by atoms with Crippen LogP contribution in [0.2, 0.25) is 25.7 Å². The van der Waals surface area contributed by atoms with E-state index in [1.807, 2.05) is 22.4 Å². The molecule has 0 atom stereocenters. The van der Waals surface area contributed by atoms with Gasteiger partial charge in [-0.3, -0.25) is 9.30 Å². The van der Waals surface area contributed by atoms with Crippen LogP contribution in [0, 0.1) is 10.6 Å². The molecule has 0 bridgehead atoms. The van der Waals surface area contributed by atoms with Gasteiger partial charge in [0.25, 0.3) is 0 Å². The third kappa shape index (κ3) is 5.32. The number of fused-ring (bicyclic) bond motifs is 1. The highest BCUT2D eigenvalue weighted by Gasteiger charge is 2.22. The lowest BCUT2D eigenvalue weighted by Crippen LogP contribution is -2.26. The molecule has 8 nitrogen and oxygen atoms in total. The van der Waals surface area contributed by atoms with Gasteiger partial charge in [0.1, 0.15) is 15.4 Å². The number of halogens is 1. The lowest BCUT2D eigenvalue weighted by atomic mass is 10.4. The van der Waals surface area contributed by atoms with Crippen LogP contribution in [0.25, 0.3) is 5.65 Å². The summed E-state index contributed by atoms with van der Waals surface area (Å²) in [7, 11) is 0.144. The fourth-order valence-electron chi connectivity index (χ4n) is 2.60. The molecule has 0 aliphatic heterocycles. The Morgan fingerprint density at radius 1 is 1.38 bits per heavy atom. The van der Waals surface area contributed by atoms with Crippen LogP contribution in [-0.2, 0) is 9.47 Å². The van der Waals surface area contributed by atoms with Gasteiger partial charge >= 0.3 is 5.97 Å². The summed E-state index contributed by atoms with van der Waals surface area (Å²) in [6, 6.07) is 2.77. The second-order valence-corrected chi connectivity index (χ2v) is 15.3. The number of rotatable bonds is 8. The Kier molecular flexibility index (Phi) is 6.91. The monoisotopic (exact) mass is 545 g/mol. The molecule has 0 saturated heterocycles. The molecule has 0 saturated carbocycles. The smallest absolute Gasteiger partial charge is 0.357 e. The van der Waals surface area contributed by atoms with E-state index in [0.717, 1.165) is 26.1 Å². The van der Waals surface area contributed by atoms with E-state index in [4.69, 9.17) is 14.5 Å². The van der Waals surface area contributed by atoms with E-state index in [1.54, 1.807) is 12.3 Å². The Morgan fingerprint density at radius 2 is 2.14 bits per heavy atom. The predicted molar refractivity (Wildman–Crippen MR) is 125 cm³/mol. The van der Waals surface area contributed by atoms with E-state index in [9.17, 15) is 4.79 Å². The number of esters is 1. The first-order valence-corrected chi connectivity index (χ1v) is 14.7. The molecule has 0 aromatic carbocycles. The van der Waals surface area contributed by atoms with Gasteiger partial charge in [-0.05, 0) is 47.1 Å². The van der Waals surface area contributed by atoms with Crippen molar-refractivity contribution in [3.8, 4) is 0 Å². The molecule has 0 aliphatic rings. The van der Waals surface area contributed by atoms with Crippen molar-refractivity contribution in [1.29, 1.82) is 0 Å². The molecule has 3 heterocycles. The molecule has 0 unspecified atom stereocenters. The van der Waals surface area contributed by atoms with E-state index in [-0.39, 0.29) is 5.69 Å². The van der Waals surface area contributed by atoms with E-state index in [2.05, 4.69) is 51.6 Å². The number of carbonyl (C=O) groups is 1. The van der Waals surface area contributed by atoms with E-state index < -0.39 is 14.0 Å². The average molecular weight is 545 g/mol. The Balaban J connectivity index is 1.97. The summed E-state index contributed by atoms with van der Waals surface area (Å²) in [4.78, 5) is 23.0. The minimum absolute atomic E-state index is 0.265. The van der Waals surface area contributed by atoms with Crippen molar-refractivity contribution >= 4 is 64.6 Å². The zero-order valence-electron chi connectivity index (χ0n) is 17.1. The highest BCUT2D eigenvalue weighted by molar-refractivity contribution is 14.1. The summed E-state index contributed by atoms with van der Waals surface area (Å²) >= 11 is 3.45. The molecule has 11 heteroatoms. The van der Waals surface area contributed by atoms with Gasteiger partial charge in [-0.25, -0.2) is 14.8 Å². The van der Waals surface area contributed by atoms with Crippen LogP contribution < -0.4 is 4.90 Å². The highest BCUT2D eigenvalue weighted by Crippen LogP contribution is 2.32. The average Bonchev–Trinajstić information content (AvgIpc) is 3.27. The Morgan fingerprint density at radius 3 is 2.83 bits per heavy atom. The second-order valence-electron chi connectivity index (χ2n) is 7.80. The number of methoxy groups -OCH3 is 1. The number of carbonyl (C=O) groups excluding carboxylic acids is 1. The summed E-state index contributed by atoms with van der Waals surface area (Å²) in [6.07, 6.45) is 3.75. The molecular weight excluding hydrogens is 521 g/mol. The van der Waals surface area contributed by atoms with E-state index in [1.165, 1.54) is 18.6 Å². The molecule has 0 amide bonds. The second kappa shape index (κ2) is 9.06. The zero-order chi connectivity index (χ0) is 21.2. The maximum atomic E-state index is 11.9. The molecule has 0 aliphatic carbocycles. The van der Waals surface area contributed by atoms with Gasteiger partial charge in [0.05, 0.1) is 19.0 Å². The van der Waals surface area contributed by atoms with Gasteiger partial charge in [0.2, 0.25) is 0 Å². The molecule has 0 spiro atoms. The number of imidazole rings is 1. The summed E-state index contributed by atoms with van der Waals surface area (Å²) in [5.41, 5.74) is 1.84.